The summed E-state index contributed by atoms with van der Waals surface area (Å²) in [5, 5.41) is 5.95. The summed E-state index contributed by atoms with van der Waals surface area (Å²) in [6.07, 6.45) is 3.43. The predicted octanol–water partition coefficient (Wildman–Crippen LogP) is 10.3. The summed E-state index contributed by atoms with van der Waals surface area (Å²) in [5.74, 6) is -3.21. The number of thioether (sulfide) groups is 1. The van der Waals surface area contributed by atoms with Gasteiger partial charge < -0.3 is 15.1 Å². The molecule has 1 aliphatic carbocycles. The molecule has 3 saturated heterocycles. The molecular formula is C63H69BrClF3N8O9S3. The molecule has 88 heavy (non-hydrogen) atoms. The van der Waals surface area contributed by atoms with Crippen molar-refractivity contribution in [1.82, 2.24) is 29.6 Å². The van der Waals surface area contributed by atoms with Crippen molar-refractivity contribution in [3.8, 4) is 0 Å². The molecule has 3 unspecified atom stereocenters. The number of imide groups is 2. The van der Waals surface area contributed by atoms with Crippen LogP contribution >= 0.6 is 39.3 Å². The van der Waals surface area contributed by atoms with Gasteiger partial charge in [0.15, 0.2) is 0 Å². The average molecular weight is 1350 g/mol. The summed E-state index contributed by atoms with van der Waals surface area (Å²) in [6, 6.07) is 27.3. The fourth-order valence-corrected chi connectivity index (χ4v) is 16.1. The fraction of sp³-hybridized carbons (Fsp3) is 0.413. The molecule has 17 nitrogen and oxygen atoms in total. The van der Waals surface area contributed by atoms with Crippen LogP contribution < -0.4 is 20.3 Å². The molecule has 4 atom stereocenters. The van der Waals surface area contributed by atoms with Gasteiger partial charge in [-0.15, -0.1) is 11.8 Å². The Kier molecular flexibility index (Phi) is 19.4. The van der Waals surface area contributed by atoms with E-state index in [1.807, 2.05) is 61.0 Å². The van der Waals surface area contributed by atoms with Crippen molar-refractivity contribution in [1.29, 1.82) is 0 Å². The Balaban J connectivity index is 0.791. The van der Waals surface area contributed by atoms with Crippen LogP contribution in [0.5, 0.6) is 0 Å². The zero-order valence-corrected chi connectivity index (χ0v) is 53.8. The molecule has 5 amide bonds. The first-order valence-corrected chi connectivity index (χ1v) is 34.3. The summed E-state index contributed by atoms with van der Waals surface area (Å²) < 4.78 is 101. The highest BCUT2D eigenvalue weighted by atomic mass is 79.9. The van der Waals surface area contributed by atoms with E-state index in [2.05, 4.69) is 72.1 Å². The third kappa shape index (κ3) is 14.5. The first-order valence-electron chi connectivity index (χ1n) is 29.2. The quantitative estimate of drug-likeness (QED) is 0.0520. The predicted molar refractivity (Wildman–Crippen MR) is 336 cm³/mol. The minimum atomic E-state index is -6.18. The number of alkyl halides is 3. The maximum Gasteiger partial charge on any atom is 0.501 e. The highest BCUT2D eigenvalue weighted by Crippen LogP contribution is 2.44. The van der Waals surface area contributed by atoms with Gasteiger partial charge in [-0.1, -0.05) is 77.3 Å². The molecule has 5 aliphatic rings. The van der Waals surface area contributed by atoms with Crippen LogP contribution in [0.2, 0.25) is 5.02 Å². The normalized spacial score (nSPS) is 21.1. The van der Waals surface area contributed by atoms with E-state index < -0.39 is 82.5 Å². The number of piperidine rings is 1. The summed E-state index contributed by atoms with van der Waals surface area (Å²) in [4.78, 5) is 73.9. The Hall–Kier alpha value is -6.12. The molecule has 5 aromatic carbocycles. The van der Waals surface area contributed by atoms with Crippen molar-refractivity contribution < 1.29 is 54.0 Å². The van der Waals surface area contributed by atoms with E-state index in [0.29, 0.717) is 61.3 Å². The number of sulfone groups is 1. The van der Waals surface area contributed by atoms with E-state index in [-0.39, 0.29) is 52.8 Å². The largest absolute Gasteiger partial charge is 0.501 e. The molecule has 5 aromatic rings. The number of hydrogen-bond acceptors (Lipinski definition) is 15. The highest BCUT2D eigenvalue weighted by molar-refractivity contribution is 9.10. The van der Waals surface area contributed by atoms with Crippen LogP contribution in [0.4, 0.5) is 24.5 Å². The standard InChI is InChI=1S/C63H69BrClF3N8O9S3/c1-39-34-73(35-40(2)75(39)37-43-30-51-52(32-53(43)64)61(81)76(60(51)80)55-20-21-57(77)70-59(55)79)25-23-46(38-86-48-8-6-5-7-9-48)69-54-19-18-49(31-56(54)87(82,83)63(66,67)68)88(84,85)71-58(78)42-12-16-47(17-13-42)74-28-26-72(27-29-74)36-44-33-62(3,4)24-22-50(44)41-10-14-45(65)15-11-41/h5-19,30-32,39-40,46,55,69H,20-29,33-38H2,1-4H3,(H,71,78)(H,70,77,79)/t39?,40?,46-,55?/m1/s1. The molecule has 4 heterocycles. The van der Waals surface area contributed by atoms with Crippen molar-refractivity contribution >= 4 is 106 Å². The Morgan fingerprint density at radius 3 is 2.12 bits per heavy atom. The maximum atomic E-state index is 14.6. The Bertz CT molecular complexity index is 3770. The number of benzene rings is 5. The summed E-state index contributed by atoms with van der Waals surface area (Å²) in [7, 11) is -11.1. The molecular weight excluding hydrogens is 1280 g/mol. The van der Waals surface area contributed by atoms with Crippen molar-refractivity contribution in [2.45, 2.75) is 117 Å². The Labute approximate surface area is 528 Å². The zero-order valence-electron chi connectivity index (χ0n) is 49.0. The van der Waals surface area contributed by atoms with Crippen molar-refractivity contribution in [3.05, 3.63) is 152 Å². The van der Waals surface area contributed by atoms with Crippen LogP contribution in [0.3, 0.4) is 0 Å². The van der Waals surface area contributed by atoms with Crippen LogP contribution in [0.1, 0.15) is 108 Å². The molecule has 0 bridgehead atoms. The number of halogens is 5. The van der Waals surface area contributed by atoms with E-state index in [0.717, 1.165) is 72.1 Å². The van der Waals surface area contributed by atoms with Gasteiger partial charge in [0.05, 0.1) is 21.7 Å². The molecule has 0 spiro atoms. The van der Waals surface area contributed by atoms with Gasteiger partial charge >= 0.3 is 5.51 Å². The van der Waals surface area contributed by atoms with Crippen LogP contribution in [0.25, 0.3) is 5.57 Å². The fourth-order valence-electron chi connectivity index (χ4n) is 12.5. The third-order valence-electron chi connectivity index (χ3n) is 17.2. The van der Waals surface area contributed by atoms with Crippen LogP contribution in [-0.4, -0.2) is 154 Å². The van der Waals surface area contributed by atoms with E-state index in [1.165, 1.54) is 40.6 Å². The number of anilines is 2. The second-order valence-corrected chi connectivity index (χ2v) is 30.1. The second kappa shape index (κ2) is 26.4. The minimum Gasteiger partial charge on any atom is -0.380 e. The Morgan fingerprint density at radius 2 is 1.48 bits per heavy atom. The number of sulfonamides is 1. The maximum absolute atomic E-state index is 14.6. The monoisotopic (exact) mass is 1350 g/mol. The minimum absolute atomic E-state index is 0.00602. The lowest BCUT2D eigenvalue weighted by Gasteiger charge is -2.45. The number of piperazine rings is 2. The van der Waals surface area contributed by atoms with Gasteiger partial charge in [-0.3, -0.25) is 44.0 Å². The number of allylic oxidation sites excluding steroid dienone is 1. The summed E-state index contributed by atoms with van der Waals surface area (Å²) >= 11 is 11.2. The highest BCUT2D eigenvalue weighted by Gasteiger charge is 2.49. The molecule has 0 radical (unpaired) electrons. The van der Waals surface area contributed by atoms with Gasteiger partial charge in [0.1, 0.15) is 10.9 Å². The van der Waals surface area contributed by atoms with Crippen LogP contribution in [-0.2, 0) is 36.0 Å². The number of rotatable bonds is 19. The van der Waals surface area contributed by atoms with Crippen molar-refractivity contribution in [2.75, 3.05) is 68.3 Å². The van der Waals surface area contributed by atoms with E-state index >= 15 is 0 Å². The Morgan fingerprint density at radius 1 is 0.818 bits per heavy atom. The summed E-state index contributed by atoms with van der Waals surface area (Å²) in [6.45, 7) is 14.4. The first-order chi connectivity index (χ1) is 41.6. The van der Waals surface area contributed by atoms with Gasteiger partial charge in [0.2, 0.25) is 11.8 Å². The van der Waals surface area contributed by atoms with Crippen LogP contribution in [0.15, 0.2) is 134 Å². The van der Waals surface area contributed by atoms with Gasteiger partial charge in [0.25, 0.3) is 37.6 Å². The van der Waals surface area contributed by atoms with Gasteiger partial charge in [-0.25, -0.2) is 21.6 Å². The number of carbonyl (C=O) groups excluding carboxylic acids is 5. The van der Waals surface area contributed by atoms with Crippen molar-refractivity contribution in [3.63, 3.8) is 0 Å². The topological polar surface area (TPSA) is 206 Å². The number of fused-ring (bicyclic) bond motifs is 1. The van der Waals surface area contributed by atoms with E-state index in [1.54, 1.807) is 24.3 Å². The van der Waals surface area contributed by atoms with Gasteiger partial charge in [-0.2, -0.15) is 13.2 Å². The molecule has 3 N–H and O–H groups in total. The molecule has 10 rings (SSSR count). The SMILES string of the molecule is CC1CN(CC[C@H](CSc2ccccc2)Nc2ccc(S(=O)(=O)NC(=O)c3ccc(N4CCN(CC5=C(c6ccc(Cl)cc6)CCC(C)(C)C5)CC4)cc3)cc2S(=O)(=O)C(F)(F)F)CC(C)N1Cc1cc2c(cc1Br)C(=O)N(C1CCC(=O)NC1=O)C2=O. The number of carbonyl (C=O) groups is 5. The molecule has 25 heteroatoms. The van der Waals surface area contributed by atoms with Gasteiger partial charge in [-0.05, 0) is 147 Å². The number of hydrogen-bond donors (Lipinski definition) is 3. The zero-order chi connectivity index (χ0) is 63.0. The molecule has 468 valence electrons. The average Bonchev–Trinajstić information content (AvgIpc) is 1.79. The molecule has 3 fully saturated rings. The van der Waals surface area contributed by atoms with E-state index in [4.69, 9.17) is 11.6 Å². The lowest BCUT2D eigenvalue weighted by molar-refractivity contribution is -0.136. The molecule has 4 aliphatic heterocycles. The second-order valence-electron chi connectivity index (χ2n) is 24.1. The summed E-state index contributed by atoms with van der Waals surface area (Å²) in [5.41, 5.74) is -0.287. The third-order valence-corrected chi connectivity index (χ3v) is 22.2. The van der Waals surface area contributed by atoms with Crippen molar-refractivity contribution in [2.24, 2.45) is 5.41 Å². The molecule has 0 saturated carbocycles. The lowest BCUT2D eigenvalue weighted by atomic mass is 9.73. The first kappa shape index (κ1) is 64.9. The van der Waals surface area contributed by atoms with E-state index in [9.17, 15) is 54.0 Å². The van der Waals surface area contributed by atoms with Gasteiger partial charge in [0, 0.05) is 115 Å². The smallest absolute Gasteiger partial charge is 0.380 e. The number of amides is 5. The lowest BCUT2D eigenvalue weighted by Crippen LogP contribution is -2.56. The number of nitrogens with one attached hydrogen (secondary N) is 3. The van der Waals surface area contributed by atoms with Crippen LogP contribution in [0, 0.1) is 5.41 Å². The molecule has 0 aromatic heterocycles. The number of nitrogens with zero attached hydrogens (tertiary/aromatic N) is 5.